The van der Waals surface area contributed by atoms with Gasteiger partial charge in [-0.2, -0.15) is 0 Å². The Morgan fingerprint density at radius 2 is 1.96 bits per heavy atom. The van der Waals surface area contributed by atoms with Crippen LogP contribution in [0.4, 0.5) is 5.69 Å². The fourth-order valence-corrected chi connectivity index (χ4v) is 2.86. The van der Waals surface area contributed by atoms with Crippen molar-refractivity contribution in [3.63, 3.8) is 0 Å². The summed E-state index contributed by atoms with van der Waals surface area (Å²) in [6.45, 7) is 2.16. The van der Waals surface area contributed by atoms with Gasteiger partial charge in [0, 0.05) is 12.1 Å². The highest BCUT2D eigenvalue weighted by Crippen LogP contribution is 2.35. The Hall–Kier alpha value is -2.12. The van der Waals surface area contributed by atoms with E-state index in [2.05, 4.69) is 15.9 Å². The number of ether oxygens (including phenoxy) is 2. The number of esters is 1. The number of benzene rings is 2. The molecule has 0 spiro atoms. The number of non-ortho nitro benzene ring substituents is 1. The molecule has 0 heterocycles. The Labute approximate surface area is 151 Å². The fraction of sp³-hybridized carbons (Fsp3) is 0.188. The fourth-order valence-electron chi connectivity index (χ4n) is 1.90. The van der Waals surface area contributed by atoms with Crippen LogP contribution in [-0.4, -0.2) is 17.5 Å². The molecule has 0 aliphatic rings. The smallest absolute Gasteiger partial charge is 0.338 e. The molecule has 0 aliphatic carbocycles. The number of nitrogens with zero attached hydrogens (tertiary/aromatic N) is 1. The summed E-state index contributed by atoms with van der Waals surface area (Å²) in [5, 5.41) is 10.9. The minimum atomic E-state index is -0.470. The highest BCUT2D eigenvalue weighted by Gasteiger charge is 2.15. The Kier molecular flexibility index (Phi) is 6.16. The molecule has 0 saturated heterocycles. The van der Waals surface area contributed by atoms with Crippen molar-refractivity contribution in [1.82, 2.24) is 0 Å². The van der Waals surface area contributed by atoms with Crippen molar-refractivity contribution in [2.24, 2.45) is 0 Å². The molecule has 0 bridgehead atoms. The molecule has 0 radical (unpaired) electrons. The van der Waals surface area contributed by atoms with E-state index in [1.165, 1.54) is 18.2 Å². The van der Waals surface area contributed by atoms with E-state index in [-0.39, 0.29) is 23.9 Å². The van der Waals surface area contributed by atoms with E-state index >= 15 is 0 Å². The van der Waals surface area contributed by atoms with Crippen molar-refractivity contribution < 1.29 is 19.2 Å². The number of rotatable bonds is 6. The third-order valence-electron chi connectivity index (χ3n) is 3.04. The molecule has 2 aromatic carbocycles. The maximum absolute atomic E-state index is 11.7. The van der Waals surface area contributed by atoms with Crippen LogP contribution in [-0.2, 0) is 11.3 Å². The van der Waals surface area contributed by atoms with Gasteiger partial charge in [0.15, 0.2) is 5.75 Å². The average Bonchev–Trinajstić information content (AvgIpc) is 2.54. The van der Waals surface area contributed by atoms with Crippen molar-refractivity contribution in [3.8, 4) is 5.75 Å². The molecule has 0 fully saturated rings. The van der Waals surface area contributed by atoms with Crippen LogP contribution in [0.1, 0.15) is 22.8 Å². The molecular weight excluding hydrogens is 402 g/mol. The molecule has 0 N–H and O–H groups in total. The van der Waals surface area contributed by atoms with Gasteiger partial charge in [0.25, 0.3) is 5.69 Å². The van der Waals surface area contributed by atoms with E-state index in [1.807, 2.05) is 0 Å². The van der Waals surface area contributed by atoms with E-state index in [1.54, 1.807) is 25.1 Å². The minimum Gasteiger partial charge on any atom is -0.486 e. The van der Waals surface area contributed by atoms with Gasteiger partial charge < -0.3 is 9.47 Å². The monoisotopic (exact) mass is 413 g/mol. The van der Waals surface area contributed by atoms with Gasteiger partial charge >= 0.3 is 5.97 Å². The first kappa shape index (κ1) is 18.2. The summed E-state index contributed by atoms with van der Waals surface area (Å²) >= 11 is 9.47. The van der Waals surface area contributed by atoms with Crippen LogP contribution in [0.25, 0.3) is 0 Å². The molecule has 8 heteroatoms. The zero-order valence-electron chi connectivity index (χ0n) is 12.6. The number of carbonyl (C=O) groups excluding carboxylic acids is 1. The second-order valence-electron chi connectivity index (χ2n) is 4.70. The third kappa shape index (κ3) is 4.46. The molecule has 0 saturated carbocycles. The second-order valence-corrected chi connectivity index (χ2v) is 5.96. The summed E-state index contributed by atoms with van der Waals surface area (Å²) in [4.78, 5) is 21.9. The molecule has 0 aromatic heterocycles. The number of nitro benzene ring substituents is 1. The zero-order valence-corrected chi connectivity index (χ0v) is 15.0. The van der Waals surface area contributed by atoms with Gasteiger partial charge in [-0.05, 0) is 52.7 Å². The average molecular weight is 415 g/mol. The third-order valence-corrected chi connectivity index (χ3v) is 3.91. The first-order valence-electron chi connectivity index (χ1n) is 6.94. The molecule has 126 valence electrons. The van der Waals surface area contributed by atoms with Crippen LogP contribution in [0.3, 0.4) is 0 Å². The van der Waals surface area contributed by atoms with Crippen molar-refractivity contribution in [2.75, 3.05) is 6.61 Å². The molecule has 0 atom stereocenters. The first-order chi connectivity index (χ1) is 11.4. The largest absolute Gasteiger partial charge is 0.486 e. The minimum absolute atomic E-state index is 0.0109. The van der Waals surface area contributed by atoms with Gasteiger partial charge in [-0.15, -0.1) is 0 Å². The second kappa shape index (κ2) is 8.12. The van der Waals surface area contributed by atoms with E-state index in [4.69, 9.17) is 21.1 Å². The number of nitro groups is 1. The van der Waals surface area contributed by atoms with Gasteiger partial charge in [-0.1, -0.05) is 11.6 Å². The lowest BCUT2D eigenvalue weighted by atomic mass is 10.2. The normalized spacial score (nSPS) is 10.3. The van der Waals surface area contributed by atoms with Gasteiger partial charge in [-0.3, -0.25) is 10.1 Å². The number of carbonyl (C=O) groups is 1. The summed E-state index contributed by atoms with van der Waals surface area (Å²) in [6.07, 6.45) is 0. The van der Waals surface area contributed by atoms with E-state index < -0.39 is 10.9 Å². The summed E-state index contributed by atoms with van der Waals surface area (Å²) in [7, 11) is 0. The van der Waals surface area contributed by atoms with Crippen molar-refractivity contribution >= 4 is 39.2 Å². The summed E-state index contributed by atoms with van der Waals surface area (Å²) in [6, 6.07) is 9.04. The molecule has 6 nitrogen and oxygen atoms in total. The lowest BCUT2D eigenvalue weighted by Crippen LogP contribution is -2.05. The maximum Gasteiger partial charge on any atom is 0.338 e. The van der Waals surface area contributed by atoms with Crippen LogP contribution >= 0.6 is 27.5 Å². The van der Waals surface area contributed by atoms with Crippen molar-refractivity contribution in [2.45, 2.75) is 13.5 Å². The van der Waals surface area contributed by atoms with Crippen LogP contribution < -0.4 is 4.74 Å². The predicted octanol–water partition coefficient (Wildman–Crippen LogP) is 4.77. The predicted molar refractivity (Wildman–Crippen MR) is 92.5 cm³/mol. The van der Waals surface area contributed by atoms with Crippen molar-refractivity contribution in [1.29, 1.82) is 0 Å². The number of hydrogen-bond acceptors (Lipinski definition) is 5. The molecule has 24 heavy (non-hydrogen) atoms. The van der Waals surface area contributed by atoms with Crippen LogP contribution in [0, 0.1) is 10.1 Å². The van der Waals surface area contributed by atoms with Gasteiger partial charge in [-0.25, -0.2) is 4.79 Å². The van der Waals surface area contributed by atoms with Crippen LogP contribution in [0.5, 0.6) is 5.75 Å². The van der Waals surface area contributed by atoms with Crippen LogP contribution in [0.2, 0.25) is 5.02 Å². The number of halogens is 2. The lowest BCUT2D eigenvalue weighted by molar-refractivity contribution is -0.384. The summed E-state index contributed by atoms with van der Waals surface area (Å²) < 4.78 is 11.1. The highest BCUT2D eigenvalue weighted by atomic mass is 79.9. The first-order valence-corrected chi connectivity index (χ1v) is 8.11. The van der Waals surface area contributed by atoms with Gasteiger partial charge in [0.1, 0.15) is 6.61 Å². The Morgan fingerprint density at radius 1 is 1.29 bits per heavy atom. The lowest BCUT2D eigenvalue weighted by Gasteiger charge is -2.12. The SMILES string of the molecule is CCOC(=O)c1cc(Cl)c(OCc2ccc([N+](=O)[O-])cc2)c(Br)c1. The van der Waals surface area contributed by atoms with Gasteiger partial charge in [0.2, 0.25) is 0 Å². The maximum atomic E-state index is 11.7. The molecule has 0 aliphatic heterocycles. The van der Waals surface area contributed by atoms with E-state index in [0.29, 0.717) is 15.8 Å². The molecule has 0 amide bonds. The Bertz CT molecular complexity index is 741. The Balaban J connectivity index is 2.12. The summed E-state index contributed by atoms with van der Waals surface area (Å²) in [5.74, 6) is -0.0925. The topological polar surface area (TPSA) is 78.7 Å². The highest BCUT2D eigenvalue weighted by molar-refractivity contribution is 9.10. The van der Waals surface area contributed by atoms with Crippen molar-refractivity contribution in [3.05, 3.63) is 67.1 Å². The quantitative estimate of drug-likeness (QED) is 0.386. The van der Waals surface area contributed by atoms with E-state index in [0.717, 1.165) is 5.56 Å². The Morgan fingerprint density at radius 3 is 2.50 bits per heavy atom. The standard InChI is InChI=1S/C16H13BrClNO5/c1-2-23-16(20)11-7-13(17)15(14(18)8-11)24-9-10-3-5-12(6-4-10)19(21)22/h3-8H,2,9H2,1H3. The molecule has 2 rings (SSSR count). The van der Waals surface area contributed by atoms with Crippen LogP contribution in [0.15, 0.2) is 40.9 Å². The molecule has 2 aromatic rings. The van der Waals surface area contributed by atoms with Gasteiger partial charge in [0.05, 0.1) is 26.6 Å². The molecular formula is C16H13BrClNO5. The van der Waals surface area contributed by atoms with E-state index in [9.17, 15) is 14.9 Å². The summed E-state index contributed by atoms with van der Waals surface area (Å²) in [5.41, 5.74) is 1.08. The number of hydrogen-bond donors (Lipinski definition) is 0. The molecule has 0 unspecified atom stereocenters. The zero-order chi connectivity index (χ0) is 17.7.